The van der Waals surface area contributed by atoms with Crippen molar-refractivity contribution in [3.63, 3.8) is 0 Å². The first kappa shape index (κ1) is 11.5. The van der Waals surface area contributed by atoms with Crippen LogP contribution in [-0.2, 0) is 0 Å². The summed E-state index contributed by atoms with van der Waals surface area (Å²) >= 11 is 0. The zero-order valence-electron chi connectivity index (χ0n) is 8.86. The molecule has 0 fully saturated rings. The third kappa shape index (κ3) is 2.95. The van der Waals surface area contributed by atoms with Crippen LogP contribution >= 0.6 is 0 Å². The Bertz CT molecular complexity index is 334. The molecule has 1 aromatic rings. The maximum Gasteiger partial charge on any atom is 0.250 e. The number of anilines is 1. The van der Waals surface area contributed by atoms with E-state index < -0.39 is 5.91 Å². The summed E-state index contributed by atoms with van der Waals surface area (Å²) in [7, 11) is 0. The fourth-order valence-corrected chi connectivity index (χ4v) is 1.37. The van der Waals surface area contributed by atoms with Crippen LogP contribution in [-0.4, -0.2) is 18.5 Å². The number of nitrogens with two attached hydrogens (primary N) is 2. The van der Waals surface area contributed by atoms with E-state index in [1.54, 1.807) is 12.1 Å². The molecule has 0 heterocycles. The molecular weight excluding hydrogens is 190 g/mol. The lowest BCUT2D eigenvalue weighted by Crippen LogP contribution is -2.29. The average Bonchev–Trinajstić information content (AvgIpc) is 2.26. The van der Waals surface area contributed by atoms with Crippen LogP contribution in [0.5, 0.6) is 0 Å². The number of hydrogen-bond acceptors (Lipinski definition) is 3. The molecule has 1 atom stereocenters. The Morgan fingerprint density at radius 1 is 1.47 bits per heavy atom. The predicted octanol–water partition coefficient (Wildman–Crippen LogP) is 0.935. The number of hydrogen-bond donors (Lipinski definition) is 3. The van der Waals surface area contributed by atoms with Gasteiger partial charge in [-0.15, -0.1) is 0 Å². The Morgan fingerprint density at radius 2 is 2.13 bits per heavy atom. The Morgan fingerprint density at radius 3 is 2.67 bits per heavy atom. The maximum atomic E-state index is 11.1. The average molecular weight is 207 g/mol. The van der Waals surface area contributed by atoms with E-state index >= 15 is 0 Å². The van der Waals surface area contributed by atoms with Crippen molar-refractivity contribution in [2.75, 3.05) is 11.9 Å². The molecule has 15 heavy (non-hydrogen) atoms. The summed E-state index contributed by atoms with van der Waals surface area (Å²) in [6.07, 6.45) is 0.906. The number of carbonyl (C=O) groups excluding carboxylic acids is 1. The lowest BCUT2D eigenvalue weighted by Gasteiger charge is -2.17. The highest BCUT2D eigenvalue weighted by Crippen LogP contribution is 2.15. The monoisotopic (exact) mass is 207 g/mol. The first-order valence-electron chi connectivity index (χ1n) is 5.04. The van der Waals surface area contributed by atoms with Crippen molar-refractivity contribution in [2.45, 2.75) is 19.4 Å². The molecule has 0 aliphatic carbocycles. The van der Waals surface area contributed by atoms with Gasteiger partial charge in [-0.3, -0.25) is 4.79 Å². The predicted molar refractivity (Wildman–Crippen MR) is 61.7 cm³/mol. The number of amides is 1. The number of carbonyl (C=O) groups is 1. The minimum absolute atomic E-state index is 0.172. The van der Waals surface area contributed by atoms with Gasteiger partial charge in [0.25, 0.3) is 5.91 Å². The smallest absolute Gasteiger partial charge is 0.250 e. The van der Waals surface area contributed by atoms with Crippen molar-refractivity contribution < 1.29 is 4.79 Å². The zero-order chi connectivity index (χ0) is 11.3. The fraction of sp³-hybridized carbons (Fsp3) is 0.364. The van der Waals surface area contributed by atoms with Crippen LogP contribution in [0.3, 0.4) is 0 Å². The van der Waals surface area contributed by atoms with Crippen LogP contribution < -0.4 is 16.8 Å². The highest BCUT2D eigenvalue weighted by molar-refractivity contribution is 5.98. The second-order valence-corrected chi connectivity index (χ2v) is 3.40. The Labute approximate surface area is 89.6 Å². The molecule has 0 radical (unpaired) electrons. The third-order valence-electron chi connectivity index (χ3n) is 2.33. The van der Waals surface area contributed by atoms with Gasteiger partial charge in [-0.2, -0.15) is 0 Å². The van der Waals surface area contributed by atoms with E-state index in [-0.39, 0.29) is 6.04 Å². The molecule has 1 rings (SSSR count). The second kappa shape index (κ2) is 5.36. The molecule has 0 aliphatic rings. The summed E-state index contributed by atoms with van der Waals surface area (Å²) in [5.74, 6) is -0.426. The topological polar surface area (TPSA) is 81.1 Å². The SMILES string of the molecule is CCC(CN)Nc1ccccc1C(N)=O. The molecule has 5 N–H and O–H groups in total. The van der Waals surface area contributed by atoms with E-state index in [0.29, 0.717) is 12.1 Å². The highest BCUT2D eigenvalue weighted by atomic mass is 16.1. The van der Waals surface area contributed by atoms with Crippen molar-refractivity contribution in [1.82, 2.24) is 0 Å². The van der Waals surface area contributed by atoms with Gasteiger partial charge in [0.15, 0.2) is 0 Å². The molecule has 1 unspecified atom stereocenters. The minimum atomic E-state index is -0.426. The van der Waals surface area contributed by atoms with E-state index in [0.717, 1.165) is 12.1 Å². The molecule has 4 nitrogen and oxygen atoms in total. The fourth-order valence-electron chi connectivity index (χ4n) is 1.37. The summed E-state index contributed by atoms with van der Waals surface area (Å²) in [6, 6.07) is 7.35. The normalized spacial score (nSPS) is 12.1. The molecule has 0 aromatic heterocycles. The number of rotatable bonds is 5. The van der Waals surface area contributed by atoms with Gasteiger partial charge in [-0.1, -0.05) is 19.1 Å². The van der Waals surface area contributed by atoms with Gasteiger partial charge >= 0.3 is 0 Å². The van der Waals surface area contributed by atoms with Gasteiger partial charge in [0.2, 0.25) is 0 Å². The van der Waals surface area contributed by atoms with E-state index in [1.165, 1.54) is 0 Å². The Hall–Kier alpha value is -1.55. The number of para-hydroxylation sites is 1. The minimum Gasteiger partial charge on any atom is -0.380 e. The van der Waals surface area contributed by atoms with Gasteiger partial charge in [0.05, 0.1) is 5.56 Å². The van der Waals surface area contributed by atoms with Crippen LogP contribution in [0.15, 0.2) is 24.3 Å². The summed E-state index contributed by atoms with van der Waals surface area (Å²) in [5, 5.41) is 3.20. The molecule has 4 heteroatoms. The van der Waals surface area contributed by atoms with Crippen LogP contribution in [0, 0.1) is 0 Å². The van der Waals surface area contributed by atoms with Gasteiger partial charge in [0.1, 0.15) is 0 Å². The van der Waals surface area contributed by atoms with Crippen molar-refractivity contribution in [3.05, 3.63) is 29.8 Å². The molecule has 0 saturated carbocycles. The maximum absolute atomic E-state index is 11.1. The quantitative estimate of drug-likeness (QED) is 0.672. The van der Waals surface area contributed by atoms with Gasteiger partial charge in [0, 0.05) is 18.3 Å². The van der Waals surface area contributed by atoms with Crippen LogP contribution in [0.4, 0.5) is 5.69 Å². The third-order valence-corrected chi connectivity index (χ3v) is 2.33. The lowest BCUT2D eigenvalue weighted by molar-refractivity contribution is 0.100. The standard InChI is InChI=1S/C11H17N3O/c1-2-8(7-12)14-10-6-4-3-5-9(10)11(13)15/h3-6,8,14H,2,7,12H2,1H3,(H2,13,15). The second-order valence-electron chi connectivity index (χ2n) is 3.40. The Kier molecular flexibility index (Phi) is 4.12. The van der Waals surface area contributed by atoms with Crippen molar-refractivity contribution in [3.8, 4) is 0 Å². The summed E-state index contributed by atoms with van der Waals surface area (Å²) in [4.78, 5) is 11.1. The molecule has 82 valence electrons. The molecule has 0 saturated heterocycles. The van der Waals surface area contributed by atoms with Gasteiger partial charge in [-0.25, -0.2) is 0 Å². The first-order valence-corrected chi connectivity index (χ1v) is 5.04. The summed E-state index contributed by atoms with van der Waals surface area (Å²) in [5.41, 5.74) is 12.1. The van der Waals surface area contributed by atoms with E-state index in [1.807, 2.05) is 19.1 Å². The van der Waals surface area contributed by atoms with Crippen molar-refractivity contribution >= 4 is 11.6 Å². The van der Waals surface area contributed by atoms with E-state index in [4.69, 9.17) is 11.5 Å². The van der Waals surface area contributed by atoms with Gasteiger partial charge in [-0.05, 0) is 18.6 Å². The van der Waals surface area contributed by atoms with E-state index in [9.17, 15) is 4.79 Å². The van der Waals surface area contributed by atoms with Crippen molar-refractivity contribution in [1.29, 1.82) is 0 Å². The van der Waals surface area contributed by atoms with Gasteiger partial charge < -0.3 is 16.8 Å². The number of benzene rings is 1. The van der Waals surface area contributed by atoms with E-state index in [2.05, 4.69) is 5.32 Å². The zero-order valence-corrected chi connectivity index (χ0v) is 8.86. The van der Waals surface area contributed by atoms with Crippen molar-refractivity contribution in [2.24, 2.45) is 11.5 Å². The molecule has 1 amide bonds. The van der Waals surface area contributed by atoms with Crippen LogP contribution in [0.1, 0.15) is 23.7 Å². The number of primary amides is 1. The summed E-state index contributed by atoms with van der Waals surface area (Å²) in [6.45, 7) is 2.57. The molecule has 0 bridgehead atoms. The van der Waals surface area contributed by atoms with Crippen LogP contribution in [0.2, 0.25) is 0 Å². The largest absolute Gasteiger partial charge is 0.380 e. The molecule has 0 spiro atoms. The Balaban J connectivity index is 2.88. The lowest BCUT2D eigenvalue weighted by atomic mass is 10.1. The highest BCUT2D eigenvalue weighted by Gasteiger charge is 2.09. The van der Waals surface area contributed by atoms with Crippen LogP contribution in [0.25, 0.3) is 0 Å². The molecule has 1 aromatic carbocycles. The molecule has 0 aliphatic heterocycles. The summed E-state index contributed by atoms with van der Waals surface area (Å²) < 4.78 is 0. The molecular formula is C11H17N3O. The number of nitrogens with one attached hydrogen (secondary N) is 1. The first-order chi connectivity index (χ1) is 7.19.